The van der Waals surface area contributed by atoms with Crippen molar-refractivity contribution in [3.8, 4) is 22.5 Å². The highest BCUT2D eigenvalue weighted by Gasteiger charge is 2.41. The molecule has 0 spiro atoms. The average Bonchev–Trinajstić information content (AvgIpc) is 3.50. The number of hydrogen-bond acceptors (Lipinski definition) is 3. The molecule has 0 aliphatic carbocycles. The standard InChI is InChI=1S/C34H27BrN4/c35-24-23-26-21-22-31(27-13-5-1-6-14-27)32(25-26)33-36-38-39(37-33)34(28-15-7-2-8-16-28,29-17-9-3-10-18-29)30-19-11-4-12-20-30/h1-22,25H,23-24H2. The van der Waals surface area contributed by atoms with Gasteiger partial charge in [-0.05, 0) is 51.1 Å². The highest BCUT2D eigenvalue weighted by Crippen LogP contribution is 2.40. The van der Waals surface area contributed by atoms with Crippen LogP contribution in [0.25, 0.3) is 22.5 Å². The summed E-state index contributed by atoms with van der Waals surface area (Å²) in [5, 5.41) is 15.5. The number of nitrogens with zero attached hydrogens (tertiary/aromatic N) is 4. The first kappa shape index (κ1) is 25.0. The number of tetrazole rings is 1. The molecule has 0 radical (unpaired) electrons. The molecule has 0 bridgehead atoms. The molecule has 0 atom stereocenters. The third-order valence-electron chi connectivity index (χ3n) is 7.08. The SMILES string of the molecule is BrCCc1ccc(-c2ccccc2)c(-c2nnn(C(c3ccccc3)(c3ccccc3)c3ccccc3)n2)c1. The van der Waals surface area contributed by atoms with Gasteiger partial charge in [-0.15, -0.1) is 15.0 Å². The highest BCUT2D eigenvalue weighted by molar-refractivity contribution is 9.09. The van der Waals surface area contributed by atoms with E-state index >= 15 is 0 Å². The maximum Gasteiger partial charge on any atom is 0.205 e. The third kappa shape index (κ3) is 4.70. The van der Waals surface area contributed by atoms with Gasteiger partial charge in [0.1, 0.15) is 0 Å². The molecular weight excluding hydrogens is 544 g/mol. The lowest BCUT2D eigenvalue weighted by Crippen LogP contribution is -2.39. The lowest BCUT2D eigenvalue weighted by Gasteiger charge is -2.34. The van der Waals surface area contributed by atoms with Gasteiger partial charge in [-0.3, -0.25) is 0 Å². The predicted octanol–water partition coefficient (Wildman–Crippen LogP) is 7.78. The van der Waals surface area contributed by atoms with E-state index in [4.69, 9.17) is 15.4 Å². The molecule has 1 aromatic heterocycles. The van der Waals surface area contributed by atoms with E-state index in [1.165, 1.54) is 5.56 Å². The molecule has 0 saturated heterocycles. The number of rotatable bonds is 8. The van der Waals surface area contributed by atoms with Gasteiger partial charge in [-0.2, -0.15) is 0 Å². The normalized spacial score (nSPS) is 11.4. The lowest BCUT2D eigenvalue weighted by molar-refractivity contribution is 0.396. The van der Waals surface area contributed by atoms with Gasteiger partial charge in [0.2, 0.25) is 5.82 Å². The molecule has 39 heavy (non-hydrogen) atoms. The van der Waals surface area contributed by atoms with Gasteiger partial charge in [0, 0.05) is 10.9 Å². The second kappa shape index (κ2) is 11.2. The second-order valence-corrected chi connectivity index (χ2v) is 10.2. The molecule has 0 saturated carbocycles. The van der Waals surface area contributed by atoms with E-state index < -0.39 is 5.54 Å². The van der Waals surface area contributed by atoms with E-state index in [9.17, 15) is 0 Å². The molecule has 0 unspecified atom stereocenters. The Hall–Kier alpha value is -4.35. The van der Waals surface area contributed by atoms with Crippen LogP contribution in [0.3, 0.4) is 0 Å². The van der Waals surface area contributed by atoms with Gasteiger partial charge < -0.3 is 0 Å². The van der Waals surface area contributed by atoms with Crippen LogP contribution in [0.1, 0.15) is 22.3 Å². The first-order valence-corrected chi connectivity index (χ1v) is 14.1. The fourth-order valence-electron chi connectivity index (χ4n) is 5.26. The number of halogens is 1. The summed E-state index contributed by atoms with van der Waals surface area (Å²) in [5.74, 6) is 0.595. The first-order valence-electron chi connectivity index (χ1n) is 13.0. The Morgan fingerprint density at radius 2 is 1.10 bits per heavy atom. The summed E-state index contributed by atoms with van der Waals surface area (Å²) in [5.41, 5.74) is 6.75. The van der Waals surface area contributed by atoms with Crippen LogP contribution in [0.2, 0.25) is 0 Å². The van der Waals surface area contributed by atoms with Gasteiger partial charge in [0.05, 0.1) is 0 Å². The Labute approximate surface area is 237 Å². The fourth-order valence-corrected chi connectivity index (χ4v) is 5.72. The maximum absolute atomic E-state index is 5.15. The number of aryl methyl sites for hydroxylation is 1. The van der Waals surface area contributed by atoms with Crippen LogP contribution >= 0.6 is 15.9 Å². The minimum absolute atomic E-state index is 0.595. The summed E-state index contributed by atoms with van der Waals surface area (Å²) in [6.07, 6.45) is 0.915. The molecule has 0 N–H and O–H groups in total. The summed E-state index contributed by atoms with van der Waals surface area (Å²) < 4.78 is 0. The van der Waals surface area contributed by atoms with Crippen LogP contribution in [0.5, 0.6) is 0 Å². The van der Waals surface area contributed by atoms with E-state index in [2.05, 4.69) is 131 Å². The minimum atomic E-state index is -0.810. The Bertz CT molecular complexity index is 1550. The van der Waals surface area contributed by atoms with E-state index in [1.54, 1.807) is 4.80 Å². The molecule has 0 fully saturated rings. The molecule has 6 aromatic rings. The van der Waals surface area contributed by atoms with Crippen molar-refractivity contribution in [1.29, 1.82) is 0 Å². The average molecular weight is 572 g/mol. The van der Waals surface area contributed by atoms with Gasteiger partial charge in [0.25, 0.3) is 0 Å². The van der Waals surface area contributed by atoms with Crippen LogP contribution in [0.4, 0.5) is 0 Å². The largest absolute Gasteiger partial charge is 0.205 e. The smallest absolute Gasteiger partial charge is 0.144 e. The number of hydrogen-bond donors (Lipinski definition) is 0. The Morgan fingerprint density at radius 3 is 1.62 bits per heavy atom. The van der Waals surface area contributed by atoms with Crippen molar-refractivity contribution in [2.45, 2.75) is 12.0 Å². The molecule has 5 aromatic carbocycles. The maximum atomic E-state index is 5.15. The van der Waals surface area contributed by atoms with Gasteiger partial charge >= 0.3 is 0 Å². The van der Waals surface area contributed by atoms with Crippen molar-refractivity contribution < 1.29 is 0 Å². The minimum Gasteiger partial charge on any atom is -0.144 e. The van der Waals surface area contributed by atoms with Crippen LogP contribution in [-0.2, 0) is 12.0 Å². The van der Waals surface area contributed by atoms with E-state index in [0.717, 1.165) is 45.1 Å². The molecule has 6 rings (SSSR count). The summed E-state index contributed by atoms with van der Waals surface area (Å²) in [7, 11) is 0. The van der Waals surface area contributed by atoms with E-state index in [0.29, 0.717) is 5.82 Å². The highest BCUT2D eigenvalue weighted by atomic mass is 79.9. The summed E-state index contributed by atoms with van der Waals surface area (Å²) in [6, 6.07) is 48.2. The Kier molecular flexibility index (Phi) is 7.15. The van der Waals surface area contributed by atoms with Crippen molar-refractivity contribution in [3.05, 3.63) is 162 Å². The Balaban J connectivity index is 1.61. The van der Waals surface area contributed by atoms with Gasteiger partial charge in [-0.25, -0.2) is 0 Å². The zero-order valence-electron chi connectivity index (χ0n) is 21.4. The lowest BCUT2D eigenvalue weighted by atomic mass is 9.77. The molecule has 0 aliphatic heterocycles. The fraction of sp³-hybridized carbons (Fsp3) is 0.0882. The van der Waals surface area contributed by atoms with Gasteiger partial charge in [-0.1, -0.05) is 149 Å². The van der Waals surface area contributed by atoms with Gasteiger partial charge in [0.15, 0.2) is 5.54 Å². The number of benzene rings is 5. The number of aromatic nitrogens is 4. The molecule has 0 amide bonds. The molecular formula is C34H27BrN4. The number of alkyl halides is 1. The second-order valence-electron chi connectivity index (χ2n) is 9.40. The zero-order valence-corrected chi connectivity index (χ0v) is 22.9. The third-order valence-corrected chi connectivity index (χ3v) is 7.48. The van der Waals surface area contributed by atoms with Crippen molar-refractivity contribution in [2.24, 2.45) is 0 Å². The molecule has 4 nitrogen and oxygen atoms in total. The topological polar surface area (TPSA) is 43.6 Å². The van der Waals surface area contributed by atoms with Crippen LogP contribution in [-0.4, -0.2) is 25.5 Å². The molecule has 5 heteroatoms. The van der Waals surface area contributed by atoms with Crippen LogP contribution in [0, 0.1) is 0 Å². The summed E-state index contributed by atoms with van der Waals surface area (Å²) in [6.45, 7) is 0. The molecule has 190 valence electrons. The monoisotopic (exact) mass is 570 g/mol. The summed E-state index contributed by atoms with van der Waals surface area (Å²) >= 11 is 3.59. The van der Waals surface area contributed by atoms with Crippen molar-refractivity contribution in [2.75, 3.05) is 5.33 Å². The summed E-state index contributed by atoms with van der Waals surface area (Å²) in [4.78, 5) is 1.79. The first-order chi connectivity index (χ1) is 19.3. The van der Waals surface area contributed by atoms with E-state index in [-0.39, 0.29) is 0 Å². The van der Waals surface area contributed by atoms with Crippen LogP contribution in [0.15, 0.2) is 140 Å². The molecule has 1 heterocycles. The Morgan fingerprint density at radius 1 is 0.590 bits per heavy atom. The molecule has 0 aliphatic rings. The van der Waals surface area contributed by atoms with Crippen molar-refractivity contribution in [1.82, 2.24) is 20.2 Å². The van der Waals surface area contributed by atoms with Crippen molar-refractivity contribution in [3.63, 3.8) is 0 Å². The zero-order chi connectivity index (χ0) is 26.5. The quantitative estimate of drug-likeness (QED) is 0.138. The van der Waals surface area contributed by atoms with Crippen molar-refractivity contribution >= 4 is 15.9 Å². The van der Waals surface area contributed by atoms with E-state index in [1.807, 2.05) is 24.3 Å². The van der Waals surface area contributed by atoms with Crippen LogP contribution < -0.4 is 0 Å². The predicted molar refractivity (Wildman–Crippen MR) is 161 cm³/mol.